The molecule has 0 aliphatic rings. The van der Waals surface area contributed by atoms with Gasteiger partial charge >= 0.3 is 0 Å². The van der Waals surface area contributed by atoms with Gasteiger partial charge in [-0.2, -0.15) is 0 Å². The van der Waals surface area contributed by atoms with Crippen LogP contribution in [0.2, 0.25) is 0 Å². The molecule has 0 saturated carbocycles. The molecule has 1 aromatic carbocycles. The van der Waals surface area contributed by atoms with Crippen LogP contribution in [-0.4, -0.2) is 49.5 Å². The molecule has 3 aromatic rings. The molecule has 3 rings (SSSR count). The maximum absolute atomic E-state index is 12.1. The lowest BCUT2D eigenvalue weighted by molar-refractivity contribution is -0.109. The molecule has 1 atom stereocenters. The normalized spacial score (nSPS) is 11.9. The lowest BCUT2D eigenvalue weighted by atomic mass is 10.2. The number of ketones is 1. The molecular weight excluding hydrogens is 424 g/mol. The molecule has 2 heterocycles. The zero-order chi connectivity index (χ0) is 21.8. The van der Waals surface area contributed by atoms with Crippen LogP contribution in [0.15, 0.2) is 48.7 Å². The van der Waals surface area contributed by atoms with E-state index in [4.69, 9.17) is 0 Å². The van der Waals surface area contributed by atoms with Crippen molar-refractivity contribution in [2.75, 3.05) is 29.1 Å². The summed E-state index contributed by atoms with van der Waals surface area (Å²) in [4.78, 5) is 33.7. The van der Waals surface area contributed by atoms with Crippen LogP contribution in [-0.2, 0) is 16.1 Å². The highest BCUT2D eigenvalue weighted by molar-refractivity contribution is 8.14. The summed E-state index contributed by atoms with van der Waals surface area (Å²) in [6, 6.07) is 11.8. The van der Waals surface area contributed by atoms with Gasteiger partial charge in [0.2, 0.25) is 0 Å². The molecule has 8 nitrogen and oxygen atoms in total. The van der Waals surface area contributed by atoms with Crippen LogP contribution in [0.3, 0.4) is 0 Å². The molecule has 0 saturated heterocycles. The van der Waals surface area contributed by atoms with E-state index in [2.05, 4.69) is 9.97 Å². The number of carbonyl (C=O) groups is 2. The summed E-state index contributed by atoms with van der Waals surface area (Å²) < 4.78 is 24.9. The van der Waals surface area contributed by atoms with E-state index in [1.54, 1.807) is 18.2 Å². The van der Waals surface area contributed by atoms with E-state index in [-0.39, 0.29) is 22.5 Å². The summed E-state index contributed by atoms with van der Waals surface area (Å²) in [7, 11) is 3.79. The Morgan fingerprint density at radius 3 is 2.43 bits per heavy atom. The van der Waals surface area contributed by atoms with E-state index in [9.17, 15) is 18.4 Å². The second-order valence-electron chi connectivity index (χ2n) is 6.56. The predicted octanol–water partition coefficient (Wildman–Crippen LogP) is 3.09. The molecule has 0 aliphatic carbocycles. The Hall–Kier alpha value is -2.82. The third-order valence-electron chi connectivity index (χ3n) is 4.18. The van der Waals surface area contributed by atoms with Gasteiger partial charge < -0.3 is 9.45 Å². The quantitative estimate of drug-likeness (QED) is 0.405. The van der Waals surface area contributed by atoms with Crippen LogP contribution in [0.25, 0.3) is 10.9 Å². The number of hydrogen-bond acceptors (Lipinski definition) is 8. The predicted molar refractivity (Wildman–Crippen MR) is 119 cm³/mol. The topological polar surface area (TPSA) is 107 Å². The number of benzene rings is 1. The number of pyridine rings is 2. The molecule has 0 fully saturated rings. The van der Waals surface area contributed by atoms with Crippen molar-refractivity contribution in [3.8, 4) is 0 Å². The Bertz CT molecular complexity index is 1120. The van der Waals surface area contributed by atoms with E-state index in [0.717, 1.165) is 32.8 Å². The van der Waals surface area contributed by atoms with Crippen molar-refractivity contribution in [3.63, 3.8) is 0 Å². The van der Waals surface area contributed by atoms with Crippen molar-refractivity contribution >= 4 is 62.2 Å². The number of anilines is 3. The lowest BCUT2D eigenvalue weighted by Gasteiger charge is -2.25. The van der Waals surface area contributed by atoms with Crippen LogP contribution in [0.4, 0.5) is 17.3 Å². The second kappa shape index (κ2) is 9.33. The maximum Gasteiger partial charge on any atom is 0.186 e. The van der Waals surface area contributed by atoms with Gasteiger partial charge in [-0.1, -0.05) is 11.8 Å². The van der Waals surface area contributed by atoms with Gasteiger partial charge in [-0.3, -0.25) is 18.1 Å². The van der Waals surface area contributed by atoms with Crippen molar-refractivity contribution in [2.24, 2.45) is 0 Å². The first-order valence-electron chi connectivity index (χ1n) is 8.86. The zero-order valence-electron chi connectivity index (χ0n) is 16.6. The largest absolute Gasteiger partial charge is 0.755 e. The second-order valence-corrected chi connectivity index (χ2v) is 8.51. The summed E-state index contributed by atoms with van der Waals surface area (Å²) >= 11 is -1.71. The zero-order valence-corrected chi connectivity index (χ0v) is 18.2. The van der Waals surface area contributed by atoms with Crippen LogP contribution in [0, 0.1) is 0 Å². The van der Waals surface area contributed by atoms with E-state index in [0.29, 0.717) is 11.3 Å². The Morgan fingerprint density at radius 2 is 1.83 bits per heavy atom. The highest BCUT2D eigenvalue weighted by Gasteiger charge is 2.15. The average Bonchev–Trinajstić information content (AvgIpc) is 2.71. The molecule has 0 aliphatic heterocycles. The standard InChI is InChI=1S/C20H20N4O4S2/c1-13(25)29-12-18(26)15-5-8-19(21-11-15)24(30(27)28)16-6-7-17-14(10-16)4-9-20(22-17)23(2)3/h4-11H,12H2,1-3H3,(H,27,28)/p-1. The summed E-state index contributed by atoms with van der Waals surface area (Å²) in [5.41, 5.74) is 1.44. The Labute approximate surface area is 180 Å². The van der Waals surface area contributed by atoms with Crippen molar-refractivity contribution in [2.45, 2.75) is 6.92 Å². The van der Waals surface area contributed by atoms with Crippen LogP contribution in [0.5, 0.6) is 0 Å². The molecule has 156 valence electrons. The van der Waals surface area contributed by atoms with Gasteiger partial charge in [-0.25, -0.2) is 9.97 Å². The van der Waals surface area contributed by atoms with Gasteiger partial charge in [-0.05, 0) is 42.5 Å². The summed E-state index contributed by atoms with van der Waals surface area (Å²) in [6.07, 6.45) is 1.31. The van der Waals surface area contributed by atoms with Gasteiger partial charge in [0.15, 0.2) is 10.9 Å². The number of aromatic nitrogens is 2. The van der Waals surface area contributed by atoms with E-state index in [1.807, 2.05) is 31.1 Å². The summed E-state index contributed by atoms with van der Waals surface area (Å²) in [5.74, 6) is 0.707. The van der Waals surface area contributed by atoms with Crippen molar-refractivity contribution in [1.82, 2.24) is 9.97 Å². The molecule has 0 N–H and O–H groups in total. The summed E-state index contributed by atoms with van der Waals surface area (Å²) in [5, 5.41) is 0.631. The number of thioether (sulfide) groups is 1. The lowest BCUT2D eigenvalue weighted by Crippen LogP contribution is -2.21. The number of fused-ring (bicyclic) bond motifs is 1. The highest BCUT2D eigenvalue weighted by Crippen LogP contribution is 2.29. The Kier molecular flexibility index (Phi) is 6.80. The molecule has 10 heteroatoms. The minimum atomic E-state index is -2.63. The number of hydrogen-bond donors (Lipinski definition) is 0. The third kappa shape index (κ3) is 5.02. The van der Waals surface area contributed by atoms with Gasteiger partial charge in [0, 0.05) is 38.2 Å². The monoisotopic (exact) mass is 443 g/mol. The van der Waals surface area contributed by atoms with Gasteiger partial charge in [0.05, 0.1) is 28.2 Å². The first kappa shape index (κ1) is 21.9. The molecule has 0 bridgehead atoms. The van der Waals surface area contributed by atoms with Crippen molar-refractivity contribution < 1.29 is 18.4 Å². The average molecular weight is 444 g/mol. The first-order chi connectivity index (χ1) is 14.3. The van der Waals surface area contributed by atoms with Gasteiger partial charge in [0.1, 0.15) is 11.6 Å². The first-order valence-corrected chi connectivity index (χ1v) is 10.9. The fourth-order valence-electron chi connectivity index (χ4n) is 2.69. The van der Waals surface area contributed by atoms with Crippen molar-refractivity contribution in [3.05, 3.63) is 54.2 Å². The highest BCUT2D eigenvalue weighted by atomic mass is 32.2. The van der Waals surface area contributed by atoms with E-state index < -0.39 is 11.3 Å². The molecular formula is C20H19N4O4S2-. The number of Topliss-reactive ketones (excluding diaryl/α,β-unsaturated/α-hetero) is 1. The minimum Gasteiger partial charge on any atom is -0.755 e. The third-order valence-corrected chi connectivity index (χ3v) is 5.69. The summed E-state index contributed by atoms with van der Waals surface area (Å²) in [6.45, 7) is 1.39. The van der Waals surface area contributed by atoms with Crippen LogP contribution in [0.1, 0.15) is 17.3 Å². The van der Waals surface area contributed by atoms with Crippen LogP contribution < -0.4 is 9.21 Å². The molecule has 1 unspecified atom stereocenters. The van der Waals surface area contributed by atoms with Crippen molar-refractivity contribution in [1.29, 1.82) is 0 Å². The fourth-order valence-corrected chi connectivity index (χ4v) is 3.74. The minimum absolute atomic E-state index is 0.0141. The number of carbonyl (C=O) groups excluding carboxylic acids is 2. The molecule has 0 spiro atoms. The molecule has 0 radical (unpaired) electrons. The smallest absolute Gasteiger partial charge is 0.186 e. The van der Waals surface area contributed by atoms with E-state index in [1.165, 1.54) is 25.3 Å². The Balaban J connectivity index is 1.90. The van der Waals surface area contributed by atoms with Gasteiger partial charge in [0.25, 0.3) is 0 Å². The number of nitrogens with zero attached hydrogens (tertiary/aromatic N) is 4. The molecule has 0 amide bonds. The fraction of sp³-hybridized carbons (Fsp3) is 0.200. The van der Waals surface area contributed by atoms with Crippen LogP contribution >= 0.6 is 11.8 Å². The molecule has 2 aromatic heterocycles. The van der Waals surface area contributed by atoms with Gasteiger partial charge in [-0.15, -0.1) is 0 Å². The molecule has 30 heavy (non-hydrogen) atoms. The van der Waals surface area contributed by atoms with E-state index >= 15 is 0 Å². The number of rotatable bonds is 7. The Morgan fingerprint density at radius 1 is 1.10 bits per heavy atom. The SMILES string of the molecule is CC(=O)SCC(=O)c1ccc(N(c2ccc3nc(N(C)C)ccc3c2)S(=O)[O-])nc1. The maximum atomic E-state index is 12.1.